The topological polar surface area (TPSA) is 75.9 Å². The first-order chi connectivity index (χ1) is 11.4. The number of carbonyl (C=O) groups excluding carboxylic acids is 2. The van der Waals surface area contributed by atoms with Gasteiger partial charge in [-0.05, 0) is 45.0 Å². The summed E-state index contributed by atoms with van der Waals surface area (Å²) >= 11 is 3.26. The lowest BCUT2D eigenvalue weighted by Gasteiger charge is -2.29. The molecule has 0 aliphatic carbocycles. The van der Waals surface area contributed by atoms with E-state index in [2.05, 4.69) is 15.9 Å². The van der Waals surface area contributed by atoms with Gasteiger partial charge in [-0.25, -0.2) is 24.4 Å². The average Bonchev–Trinajstić information content (AvgIpc) is 2.81. The second-order valence-corrected chi connectivity index (χ2v) is 7.78. The summed E-state index contributed by atoms with van der Waals surface area (Å²) in [7, 11) is 0. The fraction of sp³-hybridized carbons (Fsp3) is 0.500. The van der Waals surface area contributed by atoms with Crippen molar-refractivity contribution in [2.24, 2.45) is 5.84 Å². The summed E-state index contributed by atoms with van der Waals surface area (Å²) in [4.78, 5) is 25.6. The van der Waals surface area contributed by atoms with Gasteiger partial charge < -0.3 is 4.74 Å². The van der Waals surface area contributed by atoms with Gasteiger partial charge in [-0.3, -0.25) is 9.69 Å². The number of ether oxygens (including phenoxy) is 1. The van der Waals surface area contributed by atoms with Crippen LogP contribution < -0.4 is 10.9 Å². The summed E-state index contributed by atoms with van der Waals surface area (Å²) in [5.41, 5.74) is -0.538. The predicted molar refractivity (Wildman–Crippen MR) is 92.1 cm³/mol. The first-order valence-electron chi connectivity index (χ1n) is 7.61. The number of alkyl halides is 2. The Labute approximate surface area is 153 Å². The Hall–Kier alpha value is -1.74. The van der Waals surface area contributed by atoms with Gasteiger partial charge in [-0.15, -0.1) is 0 Å². The molecule has 2 N–H and O–H groups in total. The van der Waals surface area contributed by atoms with Crippen LogP contribution in [-0.4, -0.2) is 41.0 Å². The number of carbonyl (C=O) groups is 2. The molecule has 0 radical (unpaired) electrons. The van der Waals surface area contributed by atoms with Crippen molar-refractivity contribution < 1.29 is 23.1 Å². The smallest absolute Gasteiger partial charge is 0.411 e. The summed E-state index contributed by atoms with van der Waals surface area (Å²) in [5, 5.41) is 0.774. The van der Waals surface area contributed by atoms with Crippen LogP contribution in [0.25, 0.3) is 0 Å². The van der Waals surface area contributed by atoms with Gasteiger partial charge in [-0.2, -0.15) is 0 Å². The molecule has 2 rings (SSSR count). The van der Waals surface area contributed by atoms with Crippen LogP contribution in [0.1, 0.15) is 27.2 Å². The predicted octanol–water partition coefficient (Wildman–Crippen LogP) is 3.30. The largest absolute Gasteiger partial charge is 0.444 e. The molecule has 0 saturated carbocycles. The summed E-state index contributed by atoms with van der Waals surface area (Å²) in [6.07, 6.45) is -1.76. The van der Waals surface area contributed by atoms with Crippen molar-refractivity contribution in [2.75, 3.05) is 11.6 Å². The zero-order valence-electron chi connectivity index (χ0n) is 14.1. The van der Waals surface area contributed by atoms with E-state index in [0.29, 0.717) is 5.69 Å². The lowest BCUT2D eigenvalue weighted by atomic mass is 10.1. The molecular formula is C16H20BrF2N3O3. The molecule has 1 heterocycles. The molecular weight excluding hydrogens is 400 g/mol. The van der Waals surface area contributed by atoms with E-state index in [0.717, 1.165) is 14.4 Å². The van der Waals surface area contributed by atoms with E-state index >= 15 is 0 Å². The molecule has 1 atom stereocenters. The normalized spacial score (nSPS) is 19.6. The molecule has 25 heavy (non-hydrogen) atoms. The van der Waals surface area contributed by atoms with Crippen molar-refractivity contribution in [3.05, 3.63) is 28.7 Å². The van der Waals surface area contributed by atoms with Crippen LogP contribution in [0.4, 0.5) is 19.3 Å². The van der Waals surface area contributed by atoms with Gasteiger partial charge in [0.1, 0.15) is 11.6 Å². The number of amides is 2. The second kappa shape index (κ2) is 6.87. The highest BCUT2D eigenvalue weighted by Gasteiger charge is 2.52. The first-order valence-corrected chi connectivity index (χ1v) is 8.41. The maximum absolute atomic E-state index is 13.8. The molecule has 0 aromatic heterocycles. The van der Waals surface area contributed by atoms with Gasteiger partial charge in [0.2, 0.25) is 0 Å². The molecule has 1 fully saturated rings. The van der Waals surface area contributed by atoms with E-state index in [4.69, 9.17) is 10.6 Å². The summed E-state index contributed by atoms with van der Waals surface area (Å²) in [5.74, 6) is 1.81. The molecule has 138 valence electrons. The SMILES string of the molecule is CC(C)(C)OC(=O)N1CC(F)(F)CC1C(=O)N(N)c1ccc(Br)cc1. The third-order valence-electron chi connectivity index (χ3n) is 3.53. The number of rotatable bonds is 2. The monoisotopic (exact) mass is 419 g/mol. The number of hydrazine groups is 1. The van der Waals surface area contributed by atoms with Crippen molar-refractivity contribution >= 4 is 33.6 Å². The number of likely N-dealkylation sites (tertiary alicyclic amines) is 1. The standard InChI is InChI=1S/C16H20BrF2N3O3/c1-15(2,3)25-14(24)21-9-16(18,19)8-12(21)13(23)22(20)11-6-4-10(17)5-7-11/h4-7,12H,8-9,20H2,1-3H3. The highest BCUT2D eigenvalue weighted by atomic mass is 79.9. The molecule has 1 aromatic rings. The number of anilines is 1. The minimum atomic E-state index is -3.18. The van der Waals surface area contributed by atoms with Crippen LogP contribution in [0, 0.1) is 0 Å². The van der Waals surface area contributed by atoms with Crippen molar-refractivity contribution in [1.29, 1.82) is 0 Å². The molecule has 1 aromatic carbocycles. The van der Waals surface area contributed by atoms with E-state index in [1.807, 2.05) is 0 Å². The highest BCUT2D eigenvalue weighted by Crippen LogP contribution is 2.34. The van der Waals surface area contributed by atoms with Crippen LogP contribution in [-0.2, 0) is 9.53 Å². The summed E-state index contributed by atoms with van der Waals surface area (Å²) < 4.78 is 33.6. The average molecular weight is 420 g/mol. The number of nitrogens with two attached hydrogens (primary N) is 1. The molecule has 0 spiro atoms. The van der Waals surface area contributed by atoms with Crippen LogP contribution in [0.2, 0.25) is 0 Å². The van der Waals surface area contributed by atoms with Crippen LogP contribution >= 0.6 is 15.9 Å². The third-order valence-corrected chi connectivity index (χ3v) is 4.05. The van der Waals surface area contributed by atoms with Crippen LogP contribution in [0.15, 0.2) is 28.7 Å². The quantitative estimate of drug-likeness (QED) is 0.453. The summed E-state index contributed by atoms with van der Waals surface area (Å²) in [6.45, 7) is 3.97. The number of benzene rings is 1. The lowest BCUT2D eigenvalue weighted by Crippen LogP contribution is -2.51. The van der Waals surface area contributed by atoms with E-state index in [-0.39, 0.29) is 0 Å². The van der Waals surface area contributed by atoms with Crippen molar-refractivity contribution in [3.63, 3.8) is 0 Å². The maximum Gasteiger partial charge on any atom is 0.411 e. The molecule has 1 unspecified atom stereocenters. The van der Waals surface area contributed by atoms with Crippen LogP contribution in [0.5, 0.6) is 0 Å². The van der Waals surface area contributed by atoms with Gasteiger partial charge in [0.15, 0.2) is 0 Å². The number of hydrogen-bond donors (Lipinski definition) is 1. The van der Waals surface area contributed by atoms with E-state index in [1.54, 1.807) is 45.0 Å². The van der Waals surface area contributed by atoms with Gasteiger partial charge in [-0.1, -0.05) is 15.9 Å². The minimum Gasteiger partial charge on any atom is -0.444 e. The fourth-order valence-corrected chi connectivity index (χ4v) is 2.70. The van der Waals surface area contributed by atoms with E-state index < -0.39 is 42.5 Å². The lowest BCUT2D eigenvalue weighted by molar-refractivity contribution is -0.123. The third kappa shape index (κ3) is 4.88. The Balaban J connectivity index is 2.22. The molecule has 6 nitrogen and oxygen atoms in total. The minimum absolute atomic E-state index is 0.326. The highest BCUT2D eigenvalue weighted by molar-refractivity contribution is 9.10. The summed E-state index contributed by atoms with van der Waals surface area (Å²) in [6, 6.07) is 5.06. The number of nitrogens with zero attached hydrogens (tertiary/aromatic N) is 2. The molecule has 1 saturated heterocycles. The van der Waals surface area contributed by atoms with E-state index in [1.165, 1.54) is 0 Å². The maximum atomic E-state index is 13.8. The van der Waals surface area contributed by atoms with Gasteiger partial charge in [0.05, 0.1) is 12.2 Å². The Morgan fingerprint density at radius 3 is 2.40 bits per heavy atom. The zero-order valence-corrected chi connectivity index (χ0v) is 15.7. The molecule has 0 bridgehead atoms. The van der Waals surface area contributed by atoms with Crippen molar-refractivity contribution in [2.45, 2.75) is 44.8 Å². The van der Waals surface area contributed by atoms with E-state index in [9.17, 15) is 18.4 Å². The fourth-order valence-electron chi connectivity index (χ4n) is 2.44. The first kappa shape index (κ1) is 19.6. The number of halogens is 3. The number of hydrogen-bond acceptors (Lipinski definition) is 4. The Kier molecular flexibility index (Phi) is 5.38. The zero-order chi connectivity index (χ0) is 19.0. The molecule has 1 aliphatic rings. The molecule has 2 amide bonds. The Bertz CT molecular complexity index is 662. The molecule has 1 aliphatic heterocycles. The second-order valence-electron chi connectivity index (χ2n) is 6.87. The van der Waals surface area contributed by atoms with Gasteiger partial charge in [0.25, 0.3) is 11.8 Å². The molecule has 9 heteroatoms. The van der Waals surface area contributed by atoms with Crippen molar-refractivity contribution in [1.82, 2.24) is 4.90 Å². The Morgan fingerprint density at radius 1 is 1.32 bits per heavy atom. The van der Waals surface area contributed by atoms with Gasteiger partial charge in [0, 0.05) is 10.9 Å². The Morgan fingerprint density at radius 2 is 1.88 bits per heavy atom. The van der Waals surface area contributed by atoms with Crippen molar-refractivity contribution in [3.8, 4) is 0 Å². The van der Waals surface area contributed by atoms with Gasteiger partial charge >= 0.3 is 6.09 Å². The van der Waals surface area contributed by atoms with Crippen LogP contribution in [0.3, 0.4) is 0 Å².